The van der Waals surface area contributed by atoms with E-state index in [2.05, 4.69) is 10.6 Å². The molecule has 13 heteroatoms. The Labute approximate surface area is 229 Å². The fourth-order valence-corrected chi connectivity index (χ4v) is 7.08. The molecule has 2 aliphatic carbocycles. The van der Waals surface area contributed by atoms with Crippen LogP contribution in [0.4, 0.5) is 10.1 Å². The van der Waals surface area contributed by atoms with E-state index in [4.69, 9.17) is 11.5 Å². The van der Waals surface area contributed by atoms with Gasteiger partial charge < -0.3 is 32.0 Å². The average molecular weight is 558 g/mol. The van der Waals surface area contributed by atoms with Gasteiger partial charge in [-0.3, -0.25) is 28.9 Å². The minimum atomic E-state index is -1.48. The molecule has 5 rings (SSSR count). The number of halogens is 1. The van der Waals surface area contributed by atoms with E-state index in [-0.39, 0.29) is 48.2 Å². The number of aromatic hydroxyl groups is 1. The minimum Gasteiger partial charge on any atom is -0.505 e. The van der Waals surface area contributed by atoms with Gasteiger partial charge in [-0.1, -0.05) is 13.8 Å². The Morgan fingerprint density at radius 3 is 2.52 bits per heavy atom. The van der Waals surface area contributed by atoms with E-state index in [0.29, 0.717) is 12.8 Å². The Morgan fingerprint density at radius 2 is 1.93 bits per heavy atom. The first kappa shape index (κ1) is 28.0. The number of aldehydes is 1. The minimum absolute atomic E-state index is 0.0356. The summed E-state index contributed by atoms with van der Waals surface area (Å²) in [6, 6.07) is -3.22. The van der Waals surface area contributed by atoms with Gasteiger partial charge in [0.15, 0.2) is 23.1 Å². The Morgan fingerprint density at radius 1 is 1.23 bits per heavy atom. The number of nitrogens with two attached hydrogens (primary N) is 2. The predicted molar refractivity (Wildman–Crippen MR) is 138 cm³/mol. The third-order valence-electron chi connectivity index (χ3n) is 8.98. The molecule has 0 spiro atoms. The zero-order valence-electron chi connectivity index (χ0n) is 22.2. The Bertz CT molecular complexity index is 1370. The van der Waals surface area contributed by atoms with Gasteiger partial charge in [0.25, 0.3) is 0 Å². The van der Waals surface area contributed by atoms with E-state index in [1.807, 2.05) is 6.92 Å². The predicted octanol–water partition coefficient (Wildman–Crippen LogP) is -1.02. The highest BCUT2D eigenvalue weighted by Gasteiger charge is 2.75. The van der Waals surface area contributed by atoms with Crippen LogP contribution >= 0.6 is 0 Å². The molecule has 40 heavy (non-hydrogen) atoms. The maximum atomic E-state index is 16.1. The average Bonchev–Trinajstić information content (AvgIpc) is 3.58. The molecule has 1 aromatic rings. The molecule has 8 atom stereocenters. The number of fused-ring (bicyclic) bond motifs is 3. The van der Waals surface area contributed by atoms with E-state index in [1.54, 1.807) is 11.8 Å². The third-order valence-corrected chi connectivity index (χ3v) is 8.98. The summed E-state index contributed by atoms with van der Waals surface area (Å²) in [5, 5.41) is 16.5. The molecule has 1 saturated heterocycles. The number of anilines is 1. The quantitative estimate of drug-likeness (QED) is 0.114. The molecule has 214 valence electrons. The molecule has 8 unspecified atom stereocenters. The van der Waals surface area contributed by atoms with E-state index in [0.717, 1.165) is 6.42 Å². The summed E-state index contributed by atoms with van der Waals surface area (Å²) in [6.45, 7) is 4.38. The molecule has 0 radical (unpaired) electrons. The summed E-state index contributed by atoms with van der Waals surface area (Å²) in [7, 11) is 0. The molecular weight excluding hydrogens is 525 g/mol. The van der Waals surface area contributed by atoms with Crippen LogP contribution in [0.25, 0.3) is 0 Å². The fraction of sp³-hybridized carbons (Fsp3) is 0.556. The normalized spacial score (nSPS) is 34.5. The number of likely N-dealkylation sites (N-methyl/N-ethyl adjacent to an activating group) is 1. The van der Waals surface area contributed by atoms with Crippen molar-refractivity contribution in [2.24, 2.45) is 29.2 Å². The number of hydrogen-bond donors (Lipinski definition) is 5. The number of carbonyl (C=O) groups excluding carboxylic acids is 6. The van der Waals surface area contributed by atoms with Gasteiger partial charge >= 0.3 is 0 Å². The highest BCUT2D eigenvalue weighted by atomic mass is 19.1. The van der Waals surface area contributed by atoms with Gasteiger partial charge in [0.05, 0.1) is 35.3 Å². The Balaban J connectivity index is 1.54. The van der Waals surface area contributed by atoms with E-state index in [9.17, 15) is 33.9 Å². The van der Waals surface area contributed by atoms with Crippen molar-refractivity contribution in [1.29, 1.82) is 0 Å². The topological polar surface area (TPSA) is 202 Å². The molecule has 2 fully saturated rings. The number of Topliss-reactive ketones (excluding diaryl/α,β-unsaturated/α-hetero) is 3. The number of carbonyl (C=O) groups is 6. The van der Waals surface area contributed by atoms with E-state index < -0.39 is 82.1 Å². The van der Waals surface area contributed by atoms with Gasteiger partial charge in [-0.15, -0.1) is 0 Å². The smallest absolute Gasteiger partial charge is 0.241 e. The van der Waals surface area contributed by atoms with Gasteiger partial charge in [0, 0.05) is 17.5 Å². The molecule has 0 aromatic heterocycles. The van der Waals surface area contributed by atoms with Gasteiger partial charge in [-0.05, 0) is 38.3 Å². The van der Waals surface area contributed by atoms with Crippen LogP contribution in [-0.4, -0.2) is 82.2 Å². The Kier molecular flexibility index (Phi) is 6.87. The number of phenols is 1. The second-order valence-electron chi connectivity index (χ2n) is 11.0. The largest absolute Gasteiger partial charge is 0.505 e. The lowest BCUT2D eigenvalue weighted by molar-refractivity contribution is -0.141. The summed E-state index contributed by atoms with van der Waals surface area (Å²) < 4.78 is 16.1. The molecule has 1 aromatic carbocycles. The number of nitrogens with zero attached hydrogens (tertiary/aromatic N) is 1. The van der Waals surface area contributed by atoms with Crippen molar-refractivity contribution >= 4 is 41.1 Å². The second-order valence-corrected chi connectivity index (χ2v) is 11.0. The van der Waals surface area contributed by atoms with E-state index in [1.165, 1.54) is 0 Å². The van der Waals surface area contributed by atoms with Crippen molar-refractivity contribution in [3.05, 3.63) is 22.5 Å². The molecule has 0 bridgehead atoms. The summed E-state index contributed by atoms with van der Waals surface area (Å²) in [4.78, 5) is 78.4. The first-order chi connectivity index (χ1) is 19.0. The van der Waals surface area contributed by atoms with Crippen LogP contribution in [0.1, 0.15) is 48.2 Å². The van der Waals surface area contributed by atoms with Crippen LogP contribution in [0.5, 0.6) is 5.75 Å². The maximum absolute atomic E-state index is 16.1. The fourth-order valence-electron chi connectivity index (χ4n) is 7.08. The number of nitrogens with one attached hydrogen (secondary N) is 2. The number of ketones is 3. The zero-order chi connectivity index (χ0) is 29.3. The molecular formula is C27H32FN5O7. The van der Waals surface area contributed by atoms with Gasteiger partial charge in [-0.2, -0.15) is 0 Å². The van der Waals surface area contributed by atoms with Crippen molar-refractivity contribution in [3.63, 3.8) is 0 Å². The maximum Gasteiger partial charge on any atom is 0.241 e. The lowest BCUT2D eigenvalue weighted by Gasteiger charge is -2.36. The first-order valence-corrected chi connectivity index (χ1v) is 13.5. The SMILES string of the molecule is CCCNC1Cc2c(F)c3c(c(O)c2NC1=O)C(=O)C(C=O)C(CC12C(=O)C(N)C(C(N)=O)C(=O)C1N2CC)C3. The summed E-state index contributed by atoms with van der Waals surface area (Å²) in [6.07, 6.45) is 0.733. The molecule has 1 saturated carbocycles. The Hall–Kier alpha value is -3.55. The van der Waals surface area contributed by atoms with Crippen molar-refractivity contribution in [2.75, 3.05) is 18.4 Å². The van der Waals surface area contributed by atoms with Gasteiger partial charge in [0.1, 0.15) is 23.6 Å². The van der Waals surface area contributed by atoms with E-state index >= 15 is 4.39 Å². The van der Waals surface area contributed by atoms with Crippen LogP contribution in [0.15, 0.2) is 0 Å². The molecule has 2 amide bonds. The standard InChI is InChI=1S/C27H32FN5O7/c1-3-5-31-14-7-12-17(28)11-6-10(13(9-34)20(35)15(11)21(36)19(12)32-26(14)40)8-27-23(33(27)4-2)22(37)16(25(30)39)18(29)24(27)38/h9-10,13-14,16,18,23,31,36H,3-8,29H2,1-2H3,(H2,30,39)(H,32,40). The van der Waals surface area contributed by atoms with Gasteiger partial charge in [-0.25, -0.2) is 4.39 Å². The van der Waals surface area contributed by atoms with Crippen molar-refractivity contribution < 1.29 is 38.3 Å². The van der Waals surface area contributed by atoms with Crippen molar-refractivity contribution in [1.82, 2.24) is 10.2 Å². The van der Waals surface area contributed by atoms with Crippen LogP contribution < -0.4 is 22.1 Å². The van der Waals surface area contributed by atoms with Crippen molar-refractivity contribution in [3.8, 4) is 5.75 Å². The summed E-state index contributed by atoms with van der Waals surface area (Å²) in [5.74, 6) is -8.61. The lowest BCUT2D eigenvalue weighted by atomic mass is 9.66. The van der Waals surface area contributed by atoms with Crippen LogP contribution in [0, 0.1) is 23.6 Å². The van der Waals surface area contributed by atoms with Crippen molar-refractivity contribution in [2.45, 2.75) is 63.2 Å². The lowest BCUT2D eigenvalue weighted by Crippen LogP contribution is -2.59. The molecule has 2 aliphatic heterocycles. The number of benzene rings is 1. The molecule has 2 heterocycles. The molecule has 7 N–H and O–H groups in total. The number of phenolic OH excluding ortho intramolecular Hbond substituents is 1. The number of rotatable bonds is 8. The van der Waals surface area contributed by atoms with Crippen LogP contribution in [0.2, 0.25) is 0 Å². The summed E-state index contributed by atoms with van der Waals surface area (Å²) in [5.41, 5.74) is 9.28. The first-order valence-electron chi connectivity index (χ1n) is 13.5. The molecule has 12 nitrogen and oxygen atoms in total. The number of likely N-dealkylation sites (tertiary alicyclic amines) is 1. The molecule has 4 aliphatic rings. The van der Waals surface area contributed by atoms with Gasteiger partial charge in [0.2, 0.25) is 11.8 Å². The van der Waals surface area contributed by atoms with Crippen LogP contribution in [0.3, 0.4) is 0 Å². The second kappa shape index (κ2) is 9.82. The number of amides is 2. The third kappa shape index (κ3) is 3.75. The number of hydrogen-bond acceptors (Lipinski definition) is 10. The monoisotopic (exact) mass is 557 g/mol. The highest BCUT2D eigenvalue weighted by Crippen LogP contribution is 2.54. The summed E-state index contributed by atoms with van der Waals surface area (Å²) >= 11 is 0. The highest BCUT2D eigenvalue weighted by molar-refractivity contribution is 6.19. The van der Waals surface area contributed by atoms with Crippen LogP contribution in [-0.2, 0) is 36.8 Å². The number of primary amides is 1. The zero-order valence-corrected chi connectivity index (χ0v) is 22.2.